The van der Waals surface area contributed by atoms with E-state index < -0.39 is 0 Å². The van der Waals surface area contributed by atoms with Crippen molar-refractivity contribution >= 4 is 0 Å². The number of aliphatic hydroxyl groups excluding tert-OH is 1. The molecule has 0 saturated heterocycles. The second-order valence-corrected chi connectivity index (χ2v) is 5.25. The third kappa shape index (κ3) is 4.58. The fourth-order valence-corrected chi connectivity index (χ4v) is 2.37. The zero-order chi connectivity index (χ0) is 14.3. The molecule has 1 unspecified atom stereocenters. The number of aromatic nitrogens is 3. The molecule has 0 aliphatic rings. The molecule has 0 spiro atoms. The van der Waals surface area contributed by atoms with E-state index in [-0.39, 0.29) is 12.1 Å². The van der Waals surface area contributed by atoms with Crippen LogP contribution in [0.25, 0.3) is 0 Å². The third-order valence-corrected chi connectivity index (χ3v) is 3.72. The van der Waals surface area contributed by atoms with Gasteiger partial charge in [-0.05, 0) is 46.1 Å². The Morgan fingerprint density at radius 2 is 2.05 bits per heavy atom. The van der Waals surface area contributed by atoms with E-state index in [4.69, 9.17) is 0 Å². The maximum Gasteiger partial charge on any atom is 0.147 e. The summed E-state index contributed by atoms with van der Waals surface area (Å²) in [5.41, 5.74) is -0.139. The molecule has 19 heavy (non-hydrogen) atoms. The van der Waals surface area contributed by atoms with Crippen molar-refractivity contribution in [2.75, 3.05) is 13.2 Å². The summed E-state index contributed by atoms with van der Waals surface area (Å²) in [4.78, 5) is 4.30. The van der Waals surface area contributed by atoms with E-state index in [1.54, 1.807) is 0 Å². The molecule has 0 bridgehead atoms. The van der Waals surface area contributed by atoms with Crippen LogP contribution in [-0.2, 0) is 6.54 Å². The Morgan fingerprint density at radius 3 is 2.53 bits per heavy atom. The zero-order valence-electron chi connectivity index (χ0n) is 12.7. The number of aryl methyl sites for hydroxylation is 3. The molecule has 0 saturated carbocycles. The second kappa shape index (κ2) is 7.60. The summed E-state index contributed by atoms with van der Waals surface area (Å²) in [6, 6.07) is 0. The van der Waals surface area contributed by atoms with Crippen LogP contribution in [0.1, 0.15) is 51.2 Å². The van der Waals surface area contributed by atoms with Gasteiger partial charge in [-0.3, -0.25) is 4.68 Å². The van der Waals surface area contributed by atoms with Gasteiger partial charge in [0.25, 0.3) is 0 Å². The van der Waals surface area contributed by atoms with Gasteiger partial charge in [0.2, 0.25) is 0 Å². The first-order valence-electron chi connectivity index (χ1n) is 7.31. The summed E-state index contributed by atoms with van der Waals surface area (Å²) in [5, 5.41) is 17.5. The van der Waals surface area contributed by atoms with Gasteiger partial charge in [-0.1, -0.05) is 13.8 Å². The van der Waals surface area contributed by atoms with Gasteiger partial charge in [0, 0.05) is 12.1 Å². The summed E-state index contributed by atoms with van der Waals surface area (Å²) in [5.74, 6) is 1.79. The fourth-order valence-electron chi connectivity index (χ4n) is 2.37. The summed E-state index contributed by atoms with van der Waals surface area (Å²) in [7, 11) is 0. The molecular weight excluding hydrogens is 240 g/mol. The number of hydrogen-bond donors (Lipinski definition) is 2. The Labute approximate surface area is 116 Å². The van der Waals surface area contributed by atoms with Gasteiger partial charge in [0.15, 0.2) is 0 Å². The van der Waals surface area contributed by atoms with Crippen molar-refractivity contribution in [1.29, 1.82) is 0 Å². The van der Waals surface area contributed by atoms with Crippen LogP contribution in [0.4, 0.5) is 0 Å². The average Bonchev–Trinajstić information content (AvgIpc) is 2.72. The molecule has 5 nitrogen and oxygen atoms in total. The average molecular weight is 268 g/mol. The number of hydrogen-bond acceptors (Lipinski definition) is 4. The van der Waals surface area contributed by atoms with Gasteiger partial charge in [0.1, 0.15) is 11.6 Å². The van der Waals surface area contributed by atoms with Gasteiger partial charge in [0.05, 0.1) is 6.61 Å². The van der Waals surface area contributed by atoms with Crippen LogP contribution in [0.5, 0.6) is 0 Å². The maximum atomic E-state index is 9.66. The number of nitrogens with zero attached hydrogens (tertiary/aromatic N) is 3. The summed E-state index contributed by atoms with van der Waals surface area (Å²) in [6.07, 6.45) is 3.98. The highest BCUT2D eigenvalue weighted by atomic mass is 16.3. The van der Waals surface area contributed by atoms with Crippen molar-refractivity contribution < 1.29 is 5.11 Å². The van der Waals surface area contributed by atoms with E-state index in [9.17, 15) is 5.11 Å². The number of rotatable bonds is 9. The van der Waals surface area contributed by atoms with E-state index in [0.717, 1.165) is 50.4 Å². The van der Waals surface area contributed by atoms with Gasteiger partial charge in [-0.25, -0.2) is 4.98 Å². The lowest BCUT2D eigenvalue weighted by molar-refractivity contribution is 0.142. The first-order chi connectivity index (χ1) is 9.06. The van der Waals surface area contributed by atoms with Gasteiger partial charge < -0.3 is 10.4 Å². The van der Waals surface area contributed by atoms with Crippen LogP contribution in [-0.4, -0.2) is 38.6 Å². The van der Waals surface area contributed by atoms with Crippen LogP contribution in [0, 0.1) is 13.8 Å². The Balaban J connectivity index is 2.50. The predicted molar refractivity (Wildman–Crippen MR) is 77.1 cm³/mol. The molecule has 1 heterocycles. The Hall–Kier alpha value is -0.940. The topological polar surface area (TPSA) is 63.0 Å². The maximum absolute atomic E-state index is 9.66. The third-order valence-electron chi connectivity index (χ3n) is 3.72. The molecular formula is C14H28N4O. The molecule has 0 aliphatic carbocycles. The minimum absolute atomic E-state index is 0.139. The monoisotopic (exact) mass is 268 g/mol. The van der Waals surface area contributed by atoms with Crippen molar-refractivity contribution in [3.63, 3.8) is 0 Å². The number of aliphatic hydroxyl groups is 1. The first kappa shape index (κ1) is 16.1. The fraction of sp³-hybridized carbons (Fsp3) is 0.857. The zero-order valence-corrected chi connectivity index (χ0v) is 12.7. The van der Waals surface area contributed by atoms with Gasteiger partial charge in [-0.15, -0.1) is 0 Å². The van der Waals surface area contributed by atoms with Crippen LogP contribution in [0.15, 0.2) is 0 Å². The van der Waals surface area contributed by atoms with Crippen LogP contribution in [0.3, 0.4) is 0 Å². The van der Waals surface area contributed by atoms with E-state index in [1.165, 1.54) is 0 Å². The molecule has 0 fully saturated rings. The first-order valence-corrected chi connectivity index (χ1v) is 7.31. The van der Waals surface area contributed by atoms with Crippen molar-refractivity contribution in [3.05, 3.63) is 11.6 Å². The lowest BCUT2D eigenvalue weighted by atomic mass is 9.91. The van der Waals surface area contributed by atoms with Crippen molar-refractivity contribution in [3.8, 4) is 0 Å². The van der Waals surface area contributed by atoms with Crippen molar-refractivity contribution in [2.24, 2.45) is 0 Å². The molecule has 0 aliphatic heterocycles. The lowest BCUT2D eigenvalue weighted by Gasteiger charge is -2.32. The second-order valence-electron chi connectivity index (χ2n) is 5.25. The highest BCUT2D eigenvalue weighted by Gasteiger charge is 2.25. The van der Waals surface area contributed by atoms with Crippen LogP contribution >= 0.6 is 0 Å². The molecule has 0 amide bonds. The molecule has 2 N–H and O–H groups in total. The molecule has 1 rings (SSSR count). The Kier molecular flexibility index (Phi) is 6.45. The molecule has 5 heteroatoms. The molecule has 1 aromatic heterocycles. The smallest absolute Gasteiger partial charge is 0.147 e. The Morgan fingerprint density at radius 1 is 1.32 bits per heavy atom. The normalized spacial score (nSPS) is 14.6. The lowest BCUT2D eigenvalue weighted by Crippen LogP contribution is -2.48. The van der Waals surface area contributed by atoms with Gasteiger partial charge in [-0.2, -0.15) is 5.10 Å². The Bertz CT molecular complexity index is 372. The minimum atomic E-state index is -0.139. The quantitative estimate of drug-likeness (QED) is 0.717. The van der Waals surface area contributed by atoms with Crippen LogP contribution in [0.2, 0.25) is 0 Å². The summed E-state index contributed by atoms with van der Waals surface area (Å²) in [6.45, 7) is 10.2. The van der Waals surface area contributed by atoms with E-state index in [1.807, 2.05) is 18.5 Å². The summed E-state index contributed by atoms with van der Waals surface area (Å²) >= 11 is 0. The van der Waals surface area contributed by atoms with Gasteiger partial charge >= 0.3 is 0 Å². The predicted octanol–water partition coefficient (Wildman–Crippen LogP) is 1.82. The van der Waals surface area contributed by atoms with Crippen LogP contribution < -0.4 is 5.32 Å². The van der Waals surface area contributed by atoms with Crippen molar-refractivity contribution in [1.82, 2.24) is 20.1 Å². The SMILES string of the molecule is CCCNC(CC)(CO)CCCn1nc(C)nc1C. The van der Waals surface area contributed by atoms with Crippen molar-refractivity contribution in [2.45, 2.75) is 65.5 Å². The minimum Gasteiger partial charge on any atom is -0.394 e. The largest absolute Gasteiger partial charge is 0.394 e. The molecule has 1 atom stereocenters. The molecule has 0 radical (unpaired) electrons. The van der Waals surface area contributed by atoms with E-state index in [0.29, 0.717) is 0 Å². The summed E-state index contributed by atoms with van der Waals surface area (Å²) < 4.78 is 1.95. The molecule has 1 aromatic rings. The number of nitrogens with one attached hydrogen (secondary N) is 1. The highest BCUT2D eigenvalue weighted by molar-refractivity contribution is 4.89. The van der Waals surface area contributed by atoms with E-state index >= 15 is 0 Å². The standard InChI is InChI=1S/C14H28N4O/c1-5-9-15-14(6-2,11-19)8-7-10-18-13(4)16-12(3)17-18/h15,19H,5-11H2,1-4H3. The molecule has 110 valence electrons. The highest BCUT2D eigenvalue weighted by Crippen LogP contribution is 2.17. The molecule has 0 aromatic carbocycles. The van der Waals surface area contributed by atoms with E-state index in [2.05, 4.69) is 29.2 Å².